The molecule has 0 aliphatic rings. The van der Waals surface area contributed by atoms with Gasteiger partial charge in [-0.25, -0.2) is 0 Å². The minimum absolute atomic E-state index is 0.455. The molecule has 0 fully saturated rings. The summed E-state index contributed by atoms with van der Waals surface area (Å²) in [5.41, 5.74) is 0.896. The Labute approximate surface area is 84.9 Å². The summed E-state index contributed by atoms with van der Waals surface area (Å²) in [5.74, 6) is 0. The van der Waals surface area contributed by atoms with Crippen molar-refractivity contribution in [2.24, 2.45) is 0 Å². The molecule has 0 radical (unpaired) electrons. The summed E-state index contributed by atoms with van der Waals surface area (Å²) in [6, 6.07) is 1.87. The first-order valence-electron chi connectivity index (χ1n) is 5.20. The summed E-state index contributed by atoms with van der Waals surface area (Å²) in [6.45, 7) is 6.45. The average molecular weight is 197 g/mol. The molecule has 4 nitrogen and oxygen atoms in total. The quantitative estimate of drug-likeness (QED) is 0.713. The molecule has 0 saturated carbocycles. The second kappa shape index (κ2) is 5.78. The van der Waals surface area contributed by atoms with Crippen molar-refractivity contribution in [3.8, 4) is 0 Å². The Morgan fingerprint density at radius 2 is 2.36 bits per heavy atom. The van der Waals surface area contributed by atoms with Gasteiger partial charge < -0.3 is 10.4 Å². The van der Waals surface area contributed by atoms with Crippen LogP contribution in [0.25, 0.3) is 0 Å². The maximum atomic E-state index is 9.82. The average Bonchev–Trinajstić information content (AvgIpc) is 2.63. The molecule has 14 heavy (non-hydrogen) atoms. The van der Waals surface area contributed by atoms with Gasteiger partial charge in [-0.15, -0.1) is 0 Å². The lowest BCUT2D eigenvalue weighted by Crippen LogP contribution is -2.23. The van der Waals surface area contributed by atoms with Crippen LogP contribution in [0.1, 0.15) is 32.1 Å². The van der Waals surface area contributed by atoms with E-state index in [4.69, 9.17) is 0 Å². The monoisotopic (exact) mass is 197 g/mol. The van der Waals surface area contributed by atoms with Crippen LogP contribution in [0.3, 0.4) is 0 Å². The van der Waals surface area contributed by atoms with Gasteiger partial charge in [-0.3, -0.25) is 4.68 Å². The van der Waals surface area contributed by atoms with Gasteiger partial charge in [0.15, 0.2) is 0 Å². The highest BCUT2D eigenvalue weighted by atomic mass is 16.3. The maximum Gasteiger partial charge on any atom is 0.108 e. The van der Waals surface area contributed by atoms with Crippen LogP contribution in [0.2, 0.25) is 0 Å². The van der Waals surface area contributed by atoms with Crippen molar-refractivity contribution >= 4 is 0 Å². The van der Waals surface area contributed by atoms with E-state index in [2.05, 4.69) is 17.3 Å². The van der Waals surface area contributed by atoms with E-state index < -0.39 is 6.10 Å². The lowest BCUT2D eigenvalue weighted by molar-refractivity contribution is 0.164. The minimum Gasteiger partial charge on any atom is -0.385 e. The summed E-state index contributed by atoms with van der Waals surface area (Å²) < 4.78 is 1.86. The van der Waals surface area contributed by atoms with Crippen molar-refractivity contribution < 1.29 is 5.11 Å². The van der Waals surface area contributed by atoms with E-state index in [-0.39, 0.29) is 0 Å². The van der Waals surface area contributed by atoms with E-state index in [9.17, 15) is 5.11 Å². The van der Waals surface area contributed by atoms with Gasteiger partial charge >= 0.3 is 0 Å². The SMILES string of the molecule is CCCn1nccc1C(O)CNCC. The smallest absolute Gasteiger partial charge is 0.108 e. The fourth-order valence-corrected chi connectivity index (χ4v) is 1.41. The molecular formula is C10H19N3O. The summed E-state index contributed by atoms with van der Waals surface area (Å²) in [4.78, 5) is 0. The van der Waals surface area contributed by atoms with Gasteiger partial charge in [0.1, 0.15) is 6.10 Å². The van der Waals surface area contributed by atoms with Crippen LogP contribution in [0, 0.1) is 0 Å². The first kappa shape index (κ1) is 11.2. The van der Waals surface area contributed by atoms with Gasteiger partial charge in [0, 0.05) is 19.3 Å². The largest absolute Gasteiger partial charge is 0.385 e. The molecule has 1 atom stereocenters. The Hall–Kier alpha value is -0.870. The van der Waals surface area contributed by atoms with E-state index in [1.807, 2.05) is 17.7 Å². The molecular weight excluding hydrogens is 178 g/mol. The predicted octanol–water partition coefficient (Wildman–Crippen LogP) is 0.936. The minimum atomic E-state index is -0.455. The predicted molar refractivity (Wildman–Crippen MR) is 56.0 cm³/mol. The van der Waals surface area contributed by atoms with Crippen molar-refractivity contribution in [2.45, 2.75) is 32.9 Å². The van der Waals surface area contributed by atoms with Crippen LogP contribution >= 0.6 is 0 Å². The lowest BCUT2D eigenvalue weighted by atomic mass is 10.2. The summed E-state index contributed by atoms with van der Waals surface area (Å²) in [7, 11) is 0. The second-order valence-electron chi connectivity index (χ2n) is 3.30. The molecule has 0 aromatic carbocycles. The van der Waals surface area contributed by atoms with Crippen molar-refractivity contribution in [3.63, 3.8) is 0 Å². The topological polar surface area (TPSA) is 50.1 Å². The second-order valence-corrected chi connectivity index (χ2v) is 3.30. The van der Waals surface area contributed by atoms with Crippen LogP contribution in [-0.2, 0) is 6.54 Å². The van der Waals surface area contributed by atoms with E-state index in [1.165, 1.54) is 0 Å². The van der Waals surface area contributed by atoms with Crippen LogP contribution in [0.5, 0.6) is 0 Å². The van der Waals surface area contributed by atoms with Crippen LogP contribution < -0.4 is 5.32 Å². The van der Waals surface area contributed by atoms with E-state index in [0.717, 1.165) is 25.2 Å². The van der Waals surface area contributed by atoms with Crippen LogP contribution in [-0.4, -0.2) is 28.0 Å². The van der Waals surface area contributed by atoms with E-state index >= 15 is 0 Å². The van der Waals surface area contributed by atoms with Crippen molar-refractivity contribution in [1.29, 1.82) is 0 Å². The van der Waals surface area contributed by atoms with Gasteiger partial charge in [0.25, 0.3) is 0 Å². The number of aliphatic hydroxyl groups excluding tert-OH is 1. The molecule has 0 bridgehead atoms. The normalized spacial score (nSPS) is 13.1. The molecule has 1 aromatic rings. The molecule has 0 aliphatic carbocycles. The zero-order valence-corrected chi connectivity index (χ0v) is 8.90. The zero-order valence-electron chi connectivity index (χ0n) is 8.90. The first-order chi connectivity index (χ1) is 6.79. The standard InChI is InChI=1S/C10H19N3O/c1-3-7-13-9(5-6-12-13)10(14)8-11-4-2/h5-6,10-11,14H,3-4,7-8H2,1-2H3. The highest BCUT2D eigenvalue weighted by molar-refractivity contribution is 5.04. The maximum absolute atomic E-state index is 9.82. The number of rotatable bonds is 6. The highest BCUT2D eigenvalue weighted by Crippen LogP contribution is 2.11. The number of nitrogens with zero attached hydrogens (tertiary/aromatic N) is 2. The third-order valence-electron chi connectivity index (χ3n) is 2.11. The fourth-order valence-electron chi connectivity index (χ4n) is 1.41. The Morgan fingerprint density at radius 1 is 1.57 bits per heavy atom. The number of aliphatic hydroxyl groups is 1. The number of hydrogen-bond acceptors (Lipinski definition) is 3. The number of aromatic nitrogens is 2. The highest BCUT2D eigenvalue weighted by Gasteiger charge is 2.11. The summed E-state index contributed by atoms with van der Waals surface area (Å²) in [5, 5.41) is 17.1. The van der Waals surface area contributed by atoms with Crippen LogP contribution in [0.15, 0.2) is 12.3 Å². The molecule has 0 saturated heterocycles. The van der Waals surface area contributed by atoms with Gasteiger partial charge in [-0.1, -0.05) is 13.8 Å². The molecule has 80 valence electrons. The third-order valence-corrected chi connectivity index (χ3v) is 2.11. The molecule has 0 spiro atoms. The van der Waals surface area contributed by atoms with Gasteiger partial charge in [0.2, 0.25) is 0 Å². The fraction of sp³-hybridized carbons (Fsp3) is 0.700. The molecule has 4 heteroatoms. The third kappa shape index (κ3) is 2.82. The Kier molecular flexibility index (Phi) is 4.62. The Balaban J connectivity index is 2.58. The molecule has 2 N–H and O–H groups in total. The first-order valence-corrected chi connectivity index (χ1v) is 5.20. The van der Waals surface area contributed by atoms with E-state index in [0.29, 0.717) is 6.54 Å². The van der Waals surface area contributed by atoms with Gasteiger partial charge in [0.05, 0.1) is 5.69 Å². The Morgan fingerprint density at radius 3 is 3.00 bits per heavy atom. The van der Waals surface area contributed by atoms with Crippen molar-refractivity contribution in [2.75, 3.05) is 13.1 Å². The van der Waals surface area contributed by atoms with Gasteiger partial charge in [-0.05, 0) is 19.0 Å². The summed E-state index contributed by atoms with van der Waals surface area (Å²) >= 11 is 0. The number of nitrogens with one attached hydrogen (secondary N) is 1. The molecule has 1 rings (SSSR count). The number of aryl methyl sites for hydroxylation is 1. The van der Waals surface area contributed by atoms with Crippen molar-refractivity contribution in [3.05, 3.63) is 18.0 Å². The lowest BCUT2D eigenvalue weighted by Gasteiger charge is -2.12. The molecule has 1 unspecified atom stereocenters. The zero-order chi connectivity index (χ0) is 10.4. The molecule has 1 heterocycles. The number of hydrogen-bond donors (Lipinski definition) is 2. The number of likely N-dealkylation sites (N-methyl/N-ethyl adjacent to an activating group) is 1. The molecule has 0 amide bonds. The molecule has 0 aliphatic heterocycles. The van der Waals surface area contributed by atoms with Gasteiger partial charge in [-0.2, -0.15) is 5.10 Å². The molecule has 1 aromatic heterocycles. The van der Waals surface area contributed by atoms with Crippen LogP contribution in [0.4, 0.5) is 0 Å². The van der Waals surface area contributed by atoms with E-state index in [1.54, 1.807) is 6.20 Å². The Bertz CT molecular complexity index is 260. The van der Waals surface area contributed by atoms with Crippen molar-refractivity contribution in [1.82, 2.24) is 15.1 Å². The summed E-state index contributed by atoms with van der Waals surface area (Å²) in [6.07, 6.45) is 2.31.